The van der Waals surface area contributed by atoms with Crippen molar-refractivity contribution in [3.05, 3.63) is 35.9 Å². The van der Waals surface area contributed by atoms with E-state index in [0.717, 1.165) is 16.2 Å². The van der Waals surface area contributed by atoms with Crippen molar-refractivity contribution >= 4 is 23.2 Å². The van der Waals surface area contributed by atoms with Gasteiger partial charge in [-0.25, -0.2) is 0 Å². The number of rotatable bonds is 2. The molecule has 0 fully saturated rings. The van der Waals surface area contributed by atoms with Gasteiger partial charge >= 0.3 is 0 Å². The smallest absolute Gasteiger partial charge is 0.0424 e. The Bertz CT molecular complexity index is 305. The van der Waals surface area contributed by atoms with Crippen molar-refractivity contribution in [2.45, 2.75) is 6.92 Å². The van der Waals surface area contributed by atoms with Crippen LogP contribution in [0.3, 0.4) is 0 Å². The molecule has 0 unspecified atom stereocenters. The molecule has 1 nitrogen and oxygen atoms in total. The number of anilines is 1. The fourth-order valence-electron chi connectivity index (χ4n) is 1.12. The van der Waals surface area contributed by atoms with Crippen LogP contribution in [-0.4, -0.2) is 7.05 Å². The van der Waals surface area contributed by atoms with E-state index in [4.69, 9.17) is 0 Å². The van der Waals surface area contributed by atoms with Crippen molar-refractivity contribution < 1.29 is 0 Å². The fourth-order valence-corrected chi connectivity index (χ4v) is 1.31. The van der Waals surface area contributed by atoms with E-state index < -0.39 is 0 Å². The lowest BCUT2D eigenvalue weighted by Crippen LogP contribution is -1.93. The Labute approximate surface area is 78.9 Å². The van der Waals surface area contributed by atoms with E-state index in [9.17, 15) is 0 Å². The summed E-state index contributed by atoms with van der Waals surface area (Å²) in [5, 5.41) is 3.11. The molecule has 1 N–H and O–H groups in total. The van der Waals surface area contributed by atoms with E-state index in [1.807, 2.05) is 13.1 Å². The molecule has 0 aliphatic heterocycles. The molecule has 0 aromatic heterocycles. The quantitative estimate of drug-likeness (QED) is 0.665. The van der Waals surface area contributed by atoms with Crippen LogP contribution in [0.2, 0.25) is 0 Å². The van der Waals surface area contributed by atoms with Crippen molar-refractivity contribution in [1.82, 2.24) is 0 Å². The van der Waals surface area contributed by atoms with Gasteiger partial charge < -0.3 is 5.32 Å². The molecule has 1 aromatic rings. The minimum Gasteiger partial charge on any atom is -0.388 e. The van der Waals surface area contributed by atoms with Gasteiger partial charge in [-0.15, -0.1) is 12.6 Å². The summed E-state index contributed by atoms with van der Waals surface area (Å²) in [6.07, 6.45) is 0. The van der Waals surface area contributed by atoms with E-state index >= 15 is 0 Å². The SMILES string of the molecule is C=C(S)c1ccc(C)cc1NC. The number of aryl methyl sites for hydroxylation is 1. The average Bonchev–Trinajstić information content (AvgIpc) is 2.03. The maximum Gasteiger partial charge on any atom is 0.0424 e. The Morgan fingerprint density at radius 1 is 1.50 bits per heavy atom. The summed E-state index contributed by atoms with van der Waals surface area (Å²) < 4.78 is 0. The monoisotopic (exact) mass is 179 g/mol. The molecule has 1 rings (SSSR count). The molecule has 0 saturated carbocycles. The summed E-state index contributed by atoms with van der Waals surface area (Å²) in [5.74, 6) is 0. The maximum absolute atomic E-state index is 4.21. The van der Waals surface area contributed by atoms with E-state index in [-0.39, 0.29) is 0 Å². The van der Waals surface area contributed by atoms with Gasteiger partial charge in [-0.3, -0.25) is 0 Å². The van der Waals surface area contributed by atoms with Crippen LogP contribution in [0.25, 0.3) is 4.91 Å². The Morgan fingerprint density at radius 2 is 2.17 bits per heavy atom. The lowest BCUT2D eigenvalue weighted by molar-refractivity contribution is 1.42. The second-order valence-electron chi connectivity index (χ2n) is 2.75. The van der Waals surface area contributed by atoms with Crippen LogP contribution in [0.5, 0.6) is 0 Å². The lowest BCUT2D eigenvalue weighted by atomic mass is 10.1. The molecule has 0 heterocycles. The van der Waals surface area contributed by atoms with E-state index in [2.05, 4.69) is 43.6 Å². The summed E-state index contributed by atoms with van der Waals surface area (Å²) in [7, 11) is 1.90. The Kier molecular flexibility index (Phi) is 2.82. The fraction of sp³-hybridized carbons (Fsp3) is 0.200. The molecule has 0 aliphatic carbocycles. The summed E-state index contributed by atoms with van der Waals surface area (Å²) in [6, 6.07) is 6.16. The molecular formula is C10H13NS. The van der Waals surface area contributed by atoms with Crippen LogP contribution >= 0.6 is 12.6 Å². The normalized spacial score (nSPS) is 9.58. The number of hydrogen-bond acceptors (Lipinski definition) is 2. The molecule has 0 saturated heterocycles. The zero-order chi connectivity index (χ0) is 9.14. The molecule has 0 amide bonds. The Hall–Kier alpha value is -0.890. The molecule has 12 heavy (non-hydrogen) atoms. The first kappa shape index (κ1) is 9.20. The van der Waals surface area contributed by atoms with Crippen LogP contribution in [0, 0.1) is 6.92 Å². The highest BCUT2D eigenvalue weighted by atomic mass is 32.1. The van der Waals surface area contributed by atoms with Gasteiger partial charge in [-0.2, -0.15) is 0 Å². The number of hydrogen-bond donors (Lipinski definition) is 2. The molecule has 0 bridgehead atoms. The summed E-state index contributed by atoms with van der Waals surface area (Å²) >= 11 is 4.21. The molecule has 64 valence electrons. The second-order valence-corrected chi connectivity index (χ2v) is 3.29. The first-order valence-electron chi connectivity index (χ1n) is 3.82. The van der Waals surface area contributed by atoms with Gasteiger partial charge in [0, 0.05) is 23.2 Å². The minimum atomic E-state index is 0.791. The highest BCUT2D eigenvalue weighted by molar-refractivity contribution is 7.90. The minimum absolute atomic E-state index is 0.791. The molecule has 0 aliphatic rings. The highest BCUT2D eigenvalue weighted by Gasteiger charge is 2.00. The number of benzene rings is 1. The van der Waals surface area contributed by atoms with E-state index in [0.29, 0.717) is 0 Å². The van der Waals surface area contributed by atoms with Crippen LogP contribution in [-0.2, 0) is 0 Å². The number of thiol groups is 1. The van der Waals surface area contributed by atoms with Gasteiger partial charge in [-0.1, -0.05) is 18.7 Å². The Morgan fingerprint density at radius 3 is 2.67 bits per heavy atom. The van der Waals surface area contributed by atoms with Gasteiger partial charge in [0.25, 0.3) is 0 Å². The third-order valence-corrected chi connectivity index (χ3v) is 2.00. The van der Waals surface area contributed by atoms with Gasteiger partial charge in [0.1, 0.15) is 0 Å². The van der Waals surface area contributed by atoms with E-state index in [1.54, 1.807) is 0 Å². The van der Waals surface area contributed by atoms with Crippen LogP contribution in [0.15, 0.2) is 24.8 Å². The van der Waals surface area contributed by atoms with Gasteiger partial charge in [0.2, 0.25) is 0 Å². The first-order chi connectivity index (χ1) is 5.65. The van der Waals surface area contributed by atoms with Crippen LogP contribution < -0.4 is 5.32 Å². The van der Waals surface area contributed by atoms with Crippen molar-refractivity contribution in [3.63, 3.8) is 0 Å². The zero-order valence-corrected chi connectivity index (χ0v) is 8.28. The predicted molar refractivity (Wildman–Crippen MR) is 58.7 cm³/mol. The van der Waals surface area contributed by atoms with Crippen molar-refractivity contribution in [1.29, 1.82) is 0 Å². The summed E-state index contributed by atoms with van der Waals surface area (Å²) in [4.78, 5) is 0.791. The first-order valence-corrected chi connectivity index (χ1v) is 4.26. The molecular weight excluding hydrogens is 166 g/mol. The topological polar surface area (TPSA) is 12.0 Å². The Balaban J connectivity index is 3.20. The molecule has 0 atom stereocenters. The summed E-state index contributed by atoms with van der Waals surface area (Å²) in [5.41, 5.74) is 3.37. The van der Waals surface area contributed by atoms with Crippen molar-refractivity contribution in [2.24, 2.45) is 0 Å². The third kappa shape index (κ3) is 1.83. The van der Waals surface area contributed by atoms with Gasteiger partial charge in [0.15, 0.2) is 0 Å². The van der Waals surface area contributed by atoms with Gasteiger partial charge in [-0.05, 0) is 18.6 Å². The number of nitrogens with one attached hydrogen (secondary N) is 1. The lowest BCUT2D eigenvalue weighted by Gasteiger charge is -2.08. The standard InChI is InChI=1S/C10H13NS/c1-7-4-5-9(8(2)12)10(6-7)11-3/h4-6,11-12H,2H2,1,3H3. The molecule has 0 spiro atoms. The molecule has 0 radical (unpaired) electrons. The van der Waals surface area contributed by atoms with Crippen molar-refractivity contribution in [3.8, 4) is 0 Å². The second kappa shape index (κ2) is 3.68. The van der Waals surface area contributed by atoms with Crippen LogP contribution in [0.1, 0.15) is 11.1 Å². The largest absolute Gasteiger partial charge is 0.388 e. The van der Waals surface area contributed by atoms with Crippen LogP contribution in [0.4, 0.5) is 5.69 Å². The highest BCUT2D eigenvalue weighted by Crippen LogP contribution is 2.25. The van der Waals surface area contributed by atoms with Gasteiger partial charge in [0.05, 0.1) is 0 Å². The third-order valence-electron chi connectivity index (χ3n) is 1.76. The summed E-state index contributed by atoms with van der Waals surface area (Å²) in [6.45, 7) is 5.85. The zero-order valence-electron chi connectivity index (χ0n) is 7.39. The molecule has 2 heteroatoms. The van der Waals surface area contributed by atoms with Crippen molar-refractivity contribution in [2.75, 3.05) is 12.4 Å². The van der Waals surface area contributed by atoms with E-state index in [1.165, 1.54) is 5.56 Å². The average molecular weight is 179 g/mol. The predicted octanol–water partition coefficient (Wildman–Crippen LogP) is 2.94. The molecule has 1 aromatic carbocycles. The maximum atomic E-state index is 4.21.